The standard InChI is InChI=1S/C12H16FNO4/c1-18-7-9(4-5-15)14-12(17)10-6-8(13)2-3-11(10)16/h2-3,6,9,15-16H,4-5,7H2,1H3,(H,14,17). The number of carbonyl (C=O) groups excluding carboxylic acids is 1. The van der Waals surface area contributed by atoms with Gasteiger partial charge in [0.25, 0.3) is 5.91 Å². The molecule has 1 atom stereocenters. The van der Waals surface area contributed by atoms with E-state index in [-0.39, 0.29) is 24.5 Å². The number of ether oxygens (including phenoxy) is 1. The Hall–Kier alpha value is -1.66. The summed E-state index contributed by atoms with van der Waals surface area (Å²) >= 11 is 0. The molecule has 6 heteroatoms. The topological polar surface area (TPSA) is 78.8 Å². The number of aliphatic hydroxyl groups is 1. The molecule has 1 aromatic rings. The fraction of sp³-hybridized carbons (Fsp3) is 0.417. The highest BCUT2D eigenvalue weighted by atomic mass is 19.1. The average molecular weight is 257 g/mol. The van der Waals surface area contributed by atoms with E-state index in [4.69, 9.17) is 9.84 Å². The van der Waals surface area contributed by atoms with Crippen LogP contribution in [0, 0.1) is 5.82 Å². The SMILES string of the molecule is COCC(CCO)NC(=O)c1cc(F)ccc1O. The molecule has 0 bridgehead atoms. The van der Waals surface area contributed by atoms with Crippen molar-refractivity contribution >= 4 is 5.91 Å². The summed E-state index contributed by atoms with van der Waals surface area (Å²) in [4.78, 5) is 11.8. The van der Waals surface area contributed by atoms with Crippen LogP contribution < -0.4 is 5.32 Å². The van der Waals surface area contributed by atoms with Crippen LogP contribution >= 0.6 is 0 Å². The van der Waals surface area contributed by atoms with Gasteiger partial charge in [0.2, 0.25) is 0 Å². The lowest BCUT2D eigenvalue weighted by Gasteiger charge is -2.17. The Kier molecular flexibility index (Phi) is 5.54. The summed E-state index contributed by atoms with van der Waals surface area (Å²) in [5.41, 5.74) is -0.144. The second kappa shape index (κ2) is 6.93. The molecule has 18 heavy (non-hydrogen) atoms. The Morgan fingerprint density at radius 1 is 1.56 bits per heavy atom. The zero-order valence-electron chi connectivity index (χ0n) is 10.0. The number of rotatable bonds is 6. The molecule has 0 saturated heterocycles. The molecule has 0 aliphatic rings. The van der Waals surface area contributed by atoms with E-state index in [1.807, 2.05) is 0 Å². The third kappa shape index (κ3) is 3.97. The number of carbonyl (C=O) groups is 1. The van der Waals surface area contributed by atoms with Crippen molar-refractivity contribution in [1.29, 1.82) is 0 Å². The van der Waals surface area contributed by atoms with Crippen molar-refractivity contribution in [2.24, 2.45) is 0 Å². The molecule has 0 aliphatic heterocycles. The zero-order chi connectivity index (χ0) is 13.5. The smallest absolute Gasteiger partial charge is 0.255 e. The van der Waals surface area contributed by atoms with Crippen LogP contribution in [0.15, 0.2) is 18.2 Å². The number of halogens is 1. The van der Waals surface area contributed by atoms with Gasteiger partial charge >= 0.3 is 0 Å². The van der Waals surface area contributed by atoms with Crippen LogP contribution in [0.3, 0.4) is 0 Å². The number of aromatic hydroxyl groups is 1. The van der Waals surface area contributed by atoms with Crippen LogP contribution in [0.1, 0.15) is 16.8 Å². The Morgan fingerprint density at radius 3 is 2.89 bits per heavy atom. The lowest BCUT2D eigenvalue weighted by atomic mass is 10.1. The number of benzene rings is 1. The Morgan fingerprint density at radius 2 is 2.28 bits per heavy atom. The third-order valence-electron chi connectivity index (χ3n) is 2.38. The van der Waals surface area contributed by atoms with Crippen molar-refractivity contribution in [2.45, 2.75) is 12.5 Å². The second-order valence-corrected chi connectivity index (χ2v) is 3.80. The largest absolute Gasteiger partial charge is 0.507 e. The molecule has 0 fully saturated rings. The molecule has 1 unspecified atom stereocenters. The maximum Gasteiger partial charge on any atom is 0.255 e. The van der Waals surface area contributed by atoms with Crippen molar-refractivity contribution in [3.8, 4) is 5.75 Å². The van der Waals surface area contributed by atoms with Crippen molar-refractivity contribution in [3.05, 3.63) is 29.6 Å². The van der Waals surface area contributed by atoms with E-state index in [0.29, 0.717) is 6.42 Å². The molecule has 0 heterocycles. The van der Waals surface area contributed by atoms with Crippen LogP contribution in [0.5, 0.6) is 5.75 Å². The summed E-state index contributed by atoms with van der Waals surface area (Å²) in [6.07, 6.45) is 0.315. The van der Waals surface area contributed by atoms with Crippen LogP contribution in [-0.4, -0.2) is 42.5 Å². The predicted molar refractivity (Wildman–Crippen MR) is 62.9 cm³/mol. The number of nitrogens with one attached hydrogen (secondary N) is 1. The number of phenolic OH excluding ortho intramolecular Hbond substituents is 1. The molecular weight excluding hydrogens is 241 g/mol. The summed E-state index contributed by atoms with van der Waals surface area (Å²) in [5.74, 6) is -1.51. The summed E-state index contributed by atoms with van der Waals surface area (Å²) < 4.78 is 17.9. The van der Waals surface area contributed by atoms with E-state index in [9.17, 15) is 14.3 Å². The minimum atomic E-state index is -0.609. The summed E-state index contributed by atoms with van der Waals surface area (Å²) in [5, 5.41) is 20.9. The number of aliphatic hydroxyl groups excluding tert-OH is 1. The molecule has 0 saturated carbocycles. The van der Waals surface area contributed by atoms with Crippen LogP contribution in [0.4, 0.5) is 4.39 Å². The van der Waals surface area contributed by atoms with E-state index < -0.39 is 17.8 Å². The van der Waals surface area contributed by atoms with Gasteiger partial charge < -0.3 is 20.3 Å². The minimum Gasteiger partial charge on any atom is -0.507 e. The van der Waals surface area contributed by atoms with E-state index in [2.05, 4.69) is 5.32 Å². The average Bonchev–Trinajstić information content (AvgIpc) is 2.33. The van der Waals surface area contributed by atoms with Gasteiger partial charge in [-0.1, -0.05) is 0 Å². The molecule has 100 valence electrons. The van der Waals surface area contributed by atoms with Gasteiger partial charge in [0, 0.05) is 13.7 Å². The van der Waals surface area contributed by atoms with Gasteiger partial charge in [0.1, 0.15) is 11.6 Å². The predicted octanol–water partition coefficient (Wildman–Crippen LogP) is 0.658. The maximum atomic E-state index is 13.0. The monoisotopic (exact) mass is 257 g/mol. The van der Waals surface area contributed by atoms with Crippen molar-refractivity contribution in [1.82, 2.24) is 5.32 Å². The maximum absolute atomic E-state index is 13.0. The fourth-order valence-corrected chi connectivity index (χ4v) is 1.51. The summed E-state index contributed by atoms with van der Waals surface area (Å²) in [7, 11) is 1.47. The molecule has 0 aromatic heterocycles. The van der Waals surface area contributed by atoms with Gasteiger partial charge in [-0.05, 0) is 24.6 Å². The Bertz CT molecular complexity index is 405. The zero-order valence-corrected chi connectivity index (χ0v) is 10.0. The molecule has 1 aromatic carbocycles. The Labute approximate surface area is 104 Å². The molecule has 0 aliphatic carbocycles. The Balaban J connectivity index is 2.76. The lowest BCUT2D eigenvalue weighted by molar-refractivity contribution is 0.0875. The van der Waals surface area contributed by atoms with E-state index in [1.54, 1.807) is 0 Å². The van der Waals surface area contributed by atoms with Gasteiger partial charge in [-0.3, -0.25) is 4.79 Å². The summed E-state index contributed by atoms with van der Waals surface area (Å²) in [6.45, 7) is 0.117. The van der Waals surface area contributed by atoms with Crippen LogP contribution in [0.25, 0.3) is 0 Å². The molecular formula is C12H16FNO4. The van der Waals surface area contributed by atoms with Crippen LogP contribution in [-0.2, 0) is 4.74 Å². The number of amides is 1. The molecule has 0 spiro atoms. The molecule has 1 amide bonds. The normalized spacial score (nSPS) is 12.2. The van der Waals surface area contributed by atoms with Gasteiger partial charge in [-0.2, -0.15) is 0 Å². The van der Waals surface area contributed by atoms with Crippen molar-refractivity contribution < 1.29 is 24.1 Å². The van der Waals surface area contributed by atoms with Gasteiger partial charge in [-0.25, -0.2) is 4.39 Å². The highest BCUT2D eigenvalue weighted by Gasteiger charge is 2.16. The highest BCUT2D eigenvalue weighted by Crippen LogP contribution is 2.17. The fourth-order valence-electron chi connectivity index (χ4n) is 1.51. The van der Waals surface area contributed by atoms with Crippen LogP contribution in [0.2, 0.25) is 0 Å². The molecule has 0 radical (unpaired) electrons. The molecule has 1 rings (SSSR count). The number of phenols is 1. The van der Waals surface area contributed by atoms with Gasteiger partial charge in [0.05, 0.1) is 18.2 Å². The first-order valence-corrected chi connectivity index (χ1v) is 5.47. The second-order valence-electron chi connectivity index (χ2n) is 3.80. The molecule has 3 N–H and O–H groups in total. The van der Waals surface area contributed by atoms with Gasteiger partial charge in [-0.15, -0.1) is 0 Å². The first kappa shape index (κ1) is 14.4. The van der Waals surface area contributed by atoms with Gasteiger partial charge in [0.15, 0.2) is 0 Å². The minimum absolute atomic E-state index is 0.108. The quantitative estimate of drug-likeness (QED) is 0.699. The highest BCUT2D eigenvalue weighted by molar-refractivity contribution is 5.96. The summed E-state index contributed by atoms with van der Waals surface area (Å²) in [6, 6.07) is 2.73. The lowest BCUT2D eigenvalue weighted by Crippen LogP contribution is -2.38. The van der Waals surface area contributed by atoms with E-state index in [0.717, 1.165) is 18.2 Å². The molecule has 5 nitrogen and oxygen atoms in total. The van der Waals surface area contributed by atoms with E-state index in [1.165, 1.54) is 7.11 Å². The first-order valence-electron chi connectivity index (χ1n) is 5.47. The first-order chi connectivity index (χ1) is 8.58. The number of methoxy groups -OCH3 is 1. The number of hydrogen-bond acceptors (Lipinski definition) is 4. The van der Waals surface area contributed by atoms with E-state index >= 15 is 0 Å². The third-order valence-corrected chi connectivity index (χ3v) is 2.38. The number of hydrogen-bond donors (Lipinski definition) is 3. The van der Waals surface area contributed by atoms with Crippen molar-refractivity contribution in [3.63, 3.8) is 0 Å². The van der Waals surface area contributed by atoms with Crippen molar-refractivity contribution in [2.75, 3.05) is 20.3 Å².